The van der Waals surface area contributed by atoms with Crippen LogP contribution in [0, 0.1) is 12.3 Å². The van der Waals surface area contributed by atoms with Crippen LogP contribution in [0.2, 0.25) is 0 Å². The number of nitrogens with zero attached hydrogens (tertiary/aromatic N) is 1. The molecule has 1 aliphatic heterocycles. The Labute approximate surface area is 171 Å². The van der Waals surface area contributed by atoms with Crippen LogP contribution in [0.5, 0.6) is 5.75 Å². The maximum absolute atomic E-state index is 13.8. The highest BCUT2D eigenvalue weighted by molar-refractivity contribution is 5.88. The number of fused-ring (bicyclic) bond motifs is 1. The fourth-order valence-electron chi connectivity index (χ4n) is 5.61. The SMILES string of the molecule is COc1cc(C)c2[nH]ccc2c1CN1CCC2(CC(F)C2)CC1c1ccccc1. The number of aryl methyl sites for hydroxylation is 1. The van der Waals surface area contributed by atoms with Gasteiger partial charge in [0.25, 0.3) is 0 Å². The number of hydrogen-bond donors (Lipinski definition) is 1. The summed E-state index contributed by atoms with van der Waals surface area (Å²) in [5.74, 6) is 0.953. The second kappa shape index (κ2) is 7.17. The molecule has 2 aromatic carbocycles. The van der Waals surface area contributed by atoms with Crippen molar-refractivity contribution in [3.05, 3.63) is 65.4 Å². The van der Waals surface area contributed by atoms with Gasteiger partial charge in [-0.1, -0.05) is 30.3 Å². The fourth-order valence-corrected chi connectivity index (χ4v) is 5.61. The van der Waals surface area contributed by atoms with Crippen LogP contribution >= 0.6 is 0 Å². The van der Waals surface area contributed by atoms with E-state index < -0.39 is 6.17 Å². The summed E-state index contributed by atoms with van der Waals surface area (Å²) >= 11 is 0. The normalized spacial score (nSPS) is 27.3. The Bertz CT molecular complexity index is 1010. The number of rotatable bonds is 4. The van der Waals surface area contributed by atoms with Crippen molar-refractivity contribution in [2.24, 2.45) is 5.41 Å². The number of likely N-dealkylation sites (tertiary alicyclic amines) is 1. The number of piperidine rings is 1. The number of methoxy groups -OCH3 is 1. The van der Waals surface area contributed by atoms with Gasteiger partial charge in [-0.15, -0.1) is 0 Å². The van der Waals surface area contributed by atoms with Crippen LogP contribution in [0.25, 0.3) is 10.9 Å². The van der Waals surface area contributed by atoms with Gasteiger partial charge in [0.2, 0.25) is 0 Å². The summed E-state index contributed by atoms with van der Waals surface area (Å²) in [6.07, 6.45) is 5.01. The van der Waals surface area contributed by atoms with Crippen LogP contribution in [0.3, 0.4) is 0 Å². The van der Waals surface area contributed by atoms with Crippen molar-refractivity contribution in [2.45, 2.75) is 51.4 Å². The van der Waals surface area contributed by atoms with Gasteiger partial charge in [0, 0.05) is 35.2 Å². The lowest BCUT2D eigenvalue weighted by atomic mass is 9.60. The Morgan fingerprint density at radius 1 is 1.17 bits per heavy atom. The number of alkyl halides is 1. The highest BCUT2D eigenvalue weighted by Gasteiger charge is 2.49. The van der Waals surface area contributed by atoms with Crippen molar-refractivity contribution in [1.82, 2.24) is 9.88 Å². The molecule has 0 bridgehead atoms. The largest absolute Gasteiger partial charge is 0.496 e. The van der Waals surface area contributed by atoms with Gasteiger partial charge in [-0.2, -0.15) is 0 Å². The zero-order valence-electron chi connectivity index (χ0n) is 17.2. The zero-order chi connectivity index (χ0) is 20.0. The topological polar surface area (TPSA) is 28.3 Å². The van der Waals surface area contributed by atoms with Crippen molar-refractivity contribution in [3.63, 3.8) is 0 Å². The molecule has 4 heteroatoms. The number of nitrogens with one attached hydrogen (secondary N) is 1. The molecule has 2 fully saturated rings. The predicted octanol–water partition coefficient (Wildman–Crippen LogP) is 5.94. The van der Waals surface area contributed by atoms with E-state index in [0.717, 1.165) is 44.5 Å². The van der Waals surface area contributed by atoms with Gasteiger partial charge in [0.05, 0.1) is 7.11 Å². The minimum Gasteiger partial charge on any atom is -0.496 e. The monoisotopic (exact) mass is 392 g/mol. The third kappa shape index (κ3) is 3.24. The van der Waals surface area contributed by atoms with Gasteiger partial charge in [0.1, 0.15) is 11.9 Å². The van der Waals surface area contributed by atoms with Crippen molar-refractivity contribution in [3.8, 4) is 5.75 Å². The van der Waals surface area contributed by atoms with Gasteiger partial charge in [-0.05, 0) is 67.8 Å². The van der Waals surface area contributed by atoms with Crippen molar-refractivity contribution < 1.29 is 9.13 Å². The molecule has 1 saturated carbocycles. The Morgan fingerprint density at radius 3 is 2.69 bits per heavy atom. The van der Waals surface area contributed by atoms with Gasteiger partial charge >= 0.3 is 0 Å². The maximum atomic E-state index is 13.8. The minimum absolute atomic E-state index is 0.192. The quantitative estimate of drug-likeness (QED) is 0.595. The van der Waals surface area contributed by atoms with E-state index in [1.807, 2.05) is 6.20 Å². The zero-order valence-corrected chi connectivity index (χ0v) is 17.2. The molecule has 152 valence electrons. The van der Waals surface area contributed by atoms with E-state index in [1.165, 1.54) is 27.6 Å². The molecule has 0 radical (unpaired) electrons. The van der Waals surface area contributed by atoms with Crippen molar-refractivity contribution in [1.29, 1.82) is 0 Å². The van der Waals surface area contributed by atoms with Gasteiger partial charge < -0.3 is 9.72 Å². The first kappa shape index (κ1) is 18.7. The number of aromatic amines is 1. The average Bonchev–Trinajstić information content (AvgIpc) is 3.21. The predicted molar refractivity (Wildman–Crippen MR) is 115 cm³/mol. The molecular weight excluding hydrogens is 363 g/mol. The van der Waals surface area contributed by atoms with E-state index in [9.17, 15) is 4.39 Å². The summed E-state index contributed by atoms with van der Waals surface area (Å²) in [4.78, 5) is 5.96. The molecule has 1 aromatic heterocycles. The van der Waals surface area contributed by atoms with Crippen LogP contribution < -0.4 is 4.74 Å². The average molecular weight is 393 g/mol. The number of ether oxygens (including phenoxy) is 1. The smallest absolute Gasteiger partial charge is 0.124 e. The molecular formula is C25H29FN2O. The Morgan fingerprint density at radius 2 is 1.97 bits per heavy atom. The van der Waals surface area contributed by atoms with Crippen LogP contribution in [0.1, 0.15) is 48.4 Å². The molecule has 1 aliphatic carbocycles. The van der Waals surface area contributed by atoms with Crippen molar-refractivity contribution in [2.75, 3.05) is 13.7 Å². The lowest BCUT2D eigenvalue weighted by molar-refractivity contribution is -0.0560. The molecule has 2 aliphatic rings. The molecule has 1 atom stereocenters. The first-order valence-corrected chi connectivity index (χ1v) is 10.7. The van der Waals surface area contributed by atoms with Crippen molar-refractivity contribution >= 4 is 10.9 Å². The first-order chi connectivity index (χ1) is 14.1. The summed E-state index contributed by atoms with van der Waals surface area (Å²) in [5.41, 5.74) is 5.15. The number of H-pyrrole nitrogens is 1. The molecule has 3 aromatic rings. The van der Waals surface area contributed by atoms with Crippen LogP contribution in [0.4, 0.5) is 4.39 Å². The number of aromatic nitrogens is 1. The Hall–Kier alpha value is -2.33. The lowest BCUT2D eigenvalue weighted by Gasteiger charge is -2.53. The van der Waals surface area contributed by atoms with Crippen LogP contribution in [-0.2, 0) is 6.54 Å². The highest BCUT2D eigenvalue weighted by atomic mass is 19.1. The van der Waals surface area contributed by atoms with Crippen LogP contribution in [-0.4, -0.2) is 29.7 Å². The first-order valence-electron chi connectivity index (χ1n) is 10.7. The molecule has 1 N–H and O–H groups in total. The fraction of sp³-hybridized carbons (Fsp3) is 0.440. The van der Waals surface area contributed by atoms with E-state index in [1.54, 1.807) is 7.11 Å². The second-order valence-electron chi connectivity index (χ2n) is 9.00. The highest BCUT2D eigenvalue weighted by Crippen LogP contribution is 2.55. The molecule has 0 amide bonds. The van der Waals surface area contributed by atoms with Gasteiger partial charge in [0.15, 0.2) is 0 Å². The standard InChI is InChI=1S/C25H29FN2O/c1-17-12-23(29-2)21(20-8-10-27-24(17)20)16-28-11-9-25(13-19(26)14-25)15-22(28)18-6-4-3-5-7-18/h3-8,10,12,19,22,27H,9,11,13-16H2,1-2H3. The number of hydrogen-bond acceptors (Lipinski definition) is 2. The summed E-state index contributed by atoms with van der Waals surface area (Å²) in [5, 5.41) is 1.24. The van der Waals surface area contributed by atoms with E-state index in [4.69, 9.17) is 4.74 Å². The maximum Gasteiger partial charge on any atom is 0.124 e. The molecule has 29 heavy (non-hydrogen) atoms. The Kier molecular flexibility index (Phi) is 4.62. The summed E-state index contributed by atoms with van der Waals surface area (Å²) in [7, 11) is 1.76. The lowest BCUT2D eigenvalue weighted by Crippen LogP contribution is -2.49. The van der Waals surface area contributed by atoms with E-state index in [-0.39, 0.29) is 5.41 Å². The molecule has 1 saturated heterocycles. The summed E-state index contributed by atoms with van der Waals surface area (Å²) in [6.45, 7) is 3.95. The number of halogens is 1. The third-order valence-corrected chi connectivity index (χ3v) is 7.18. The summed E-state index contributed by atoms with van der Waals surface area (Å²) in [6, 6.07) is 15.4. The van der Waals surface area contributed by atoms with Gasteiger partial charge in [-0.25, -0.2) is 4.39 Å². The van der Waals surface area contributed by atoms with E-state index in [0.29, 0.717) is 6.04 Å². The second-order valence-corrected chi connectivity index (χ2v) is 9.00. The van der Waals surface area contributed by atoms with Crippen LogP contribution in [0.15, 0.2) is 48.7 Å². The third-order valence-electron chi connectivity index (χ3n) is 7.18. The number of benzene rings is 2. The molecule has 1 spiro atoms. The molecule has 2 heterocycles. The Balaban J connectivity index is 1.51. The molecule has 5 rings (SSSR count). The molecule has 1 unspecified atom stereocenters. The molecule has 3 nitrogen and oxygen atoms in total. The van der Waals surface area contributed by atoms with Gasteiger partial charge in [-0.3, -0.25) is 4.90 Å². The van der Waals surface area contributed by atoms with E-state index in [2.05, 4.69) is 59.3 Å². The minimum atomic E-state index is -0.602. The summed E-state index contributed by atoms with van der Waals surface area (Å²) < 4.78 is 19.5. The van der Waals surface area contributed by atoms with E-state index >= 15 is 0 Å².